The van der Waals surface area contributed by atoms with E-state index in [0.717, 1.165) is 24.9 Å². The van der Waals surface area contributed by atoms with Crippen LogP contribution in [0.3, 0.4) is 0 Å². The van der Waals surface area contributed by atoms with Gasteiger partial charge in [0.1, 0.15) is 0 Å². The van der Waals surface area contributed by atoms with E-state index in [1.54, 1.807) is 6.07 Å². The van der Waals surface area contributed by atoms with E-state index in [1.165, 1.54) is 7.11 Å². The highest BCUT2D eigenvalue weighted by molar-refractivity contribution is 5.33. The molecule has 0 aliphatic carbocycles. The Labute approximate surface area is 83.1 Å². The molecule has 1 aliphatic heterocycles. The van der Waals surface area contributed by atoms with Crippen LogP contribution < -0.4 is 10.1 Å². The first-order chi connectivity index (χ1) is 6.83. The molecule has 0 saturated carbocycles. The third kappa shape index (κ3) is 1.60. The number of hydrogen-bond donors (Lipinski definition) is 1. The highest BCUT2D eigenvalue weighted by Crippen LogP contribution is 2.29. The summed E-state index contributed by atoms with van der Waals surface area (Å²) in [6.07, 6.45) is 2.12. The Balaban J connectivity index is 2.32. The van der Waals surface area contributed by atoms with Crippen molar-refractivity contribution in [2.24, 2.45) is 0 Å². The number of halogens is 1. The predicted molar refractivity (Wildman–Crippen MR) is 52.9 cm³/mol. The van der Waals surface area contributed by atoms with E-state index in [4.69, 9.17) is 4.74 Å². The molecule has 2 rings (SSSR count). The molecule has 1 saturated heterocycles. The highest BCUT2D eigenvalue weighted by Gasteiger charge is 2.20. The first-order valence-electron chi connectivity index (χ1n) is 4.88. The zero-order chi connectivity index (χ0) is 9.97. The summed E-state index contributed by atoms with van der Waals surface area (Å²) in [6, 6.07) is 5.45. The van der Waals surface area contributed by atoms with Crippen molar-refractivity contribution in [3.63, 3.8) is 0 Å². The van der Waals surface area contributed by atoms with Gasteiger partial charge in [-0.1, -0.05) is 12.1 Å². The lowest BCUT2D eigenvalue weighted by Gasteiger charge is -2.13. The molecule has 0 bridgehead atoms. The lowest BCUT2D eigenvalue weighted by molar-refractivity contribution is 0.381. The standard InChI is InChI=1S/C11H14FNO/c1-14-10-6-2-4-8(11(10)12)9-5-3-7-13-9/h2,4,6,9,13H,3,5,7H2,1H3. The minimum atomic E-state index is -0.227. The van der Waals surface area contributed by atoms with Crippen LogP contribution in [0.4, 0.5) is 4.39 Å². The summed E-state index contributed by atoms with van der Waals surface area (Å²) in [5.41, 5.74) is 0.724. The molecule has 1 atom stereocenters. The van der Waals surface area contributed by atoms with Gasteiger partial charge in [0, 0.05) is 11.6 Å². The average Bonchev–Trinajstić information content (AvgIpc) is 2.71. The van der Waals surface area contributed by atoms with Gasteiger partial charge in [-0.3, -0.25) is 0 Å². The van der Waals surface area contributed by atoms with E-state index in [0.29, 0.717) is 5.75 Å². The van der Waals surface area contributed by atoms with E-state index in [9.17, 15) is 4.39 Å². The Morgan fingerprint density at radius 3 is 3.00 bits per heavy atom. The molecule has 1 unspecified atom stereocenters. The molecular formula is C11H14FNO. The molecule has 0 amide bonds. The third-order valence-electron chi connectivity index (χ3n) is 2.65. The van der Waals surface area contributed by atoms with Crippen molar-refractivity contribution < 1.29 is 9.13 Å². The average molecular weight is 195 g/mol. The van der Waals surface area contributed by atoms with Crippen molar-refractivity contribution >= 4 is 0 Å². The van der Waals surface area contributed by atoms with Gasteiger partial charge in [0.05, 0.1) is 7.11 Å². The van der Waals surface area contributed by atoms with E-state index < -0.39 is 0 Å². The summed E-state index contributed by atoms with van der Waals surface area (Å²) in [7, 11) is 1.49. The van der Waals surface area contributed by atoms with Gasteiger partial charge in [-0.25, -0.2) is 4.39 Å². The molecule has 0 aromatic heterocycles. The maximum Gasteiger partial charge on any atom is 0.169 e. The maximum absolute atomic E-state index is 13.8. The largest absolute Gasteiger partial charge is 0.494 e. The lowest BCUT2D eigenvalue weighted by Crippen LogP contribution is -2.14. The normalized spacial score (nSPS) is 21.1. The zero-order valence-electron chi connectivity index (χ0n) is 8.22. The quantitative estimate of drug-likeness (QED) is 0.781. The van der Waals surface area contributed by atoms with E-state index >= 15 is 0 Å². The van der Waals surface area contributed by atoms with Crippen molar-refractivity contribution in [1.82, 2.24) is 5.32 Å². The molecule has 1 aromatic carbocycles. The molecule has 0 radical (unpaired) electrons. The first-order valence-corrected chi connectivity index (χ1v) is 4.88. The molecule has 1 heterocycles. The molecule has 3 heteroatoms. The van der Waals surface area contributed by atoms with Gasteiger partial charge in [0.25, 0.3) is 0 Å². The second kappa shape index (κ2) is 3.96. The molecule has 1 fully saturated rings. The Kier molecular flexibility index (Phi) is 2.68. The number of hydrogen-bond acceptors (Lipinski definition) is 2. The van der Waals surface area contributed by atoms with Crippen molar-refractivity contribution in [3.05, 3.63) is 29.6 Å². The smallest absolute Gasteiger partial charge is 0.169 e. The highest BCUT2D eigenvalue weighted by atomic mass is 19.1. The molecule has 0 spiro atoms. The van der Waals surface area contributed by atoms with Crippen LogP contribution in [0, 0.1) is 5.82 Å². The fourth-order valence-electron chi connectivity index (χ4n) is 1.90. The van der Waals surface area contributed by atoms with Gasteiger partial charge in [0.2, 0.25) is 0 Å². The summed E-state index contributed by atoms with van der Waals surface area (Å²) in [5, 5.41) is 3.27. The maximum atomic E-state index is 13.8. The van der Waals surface area contributed by atoms with Crippen LogP contribution in [0.5, 0.6) is 5.75 Å². The SMILES string of the molecule is COc1cccc(C2CCCN2)c1F. The van der Waals surface area contributed by atoms with Gasteiger partial charge >= 0.3 is 0 Å². The van der Waals surface area contributed by atoms with Crippen LogP contribution in [-0.4, -0.2) is 13.7 Å². The molecule has 1 aromatic rings. The molecule has 1 aliphatic rings. The van der Waals surface area contributed by atoms with Crippen molar-refractivity contribution in [2.45, 2.75) is 18.9 Å². The molecule has 1 N–H and O–H groups in total. The van der Waals surface area contributed by atoms with Crippen molar-refractivity contribution in [3.8, 4) is 5.75 Å². The Morgan fingerprint density at radius 2 is 2.36 bits per heavy atom. The Hall–Kier alpha value is -1.09. The van der Waals surface area contributed by atoms with Crippen molar-refractivity contribution in [1.29, 1.82) is 0 Å². The summed E-state index contributed by atoms with van der Waals surface area (Å²) in [4.78, 5) is 0. The summed E-state index contributed by atoms with van der Waals surface area (Å²) in [5.74, 6) is 0.102. The Morgan fingerprint density at radius 1 is 1.50 bits per heavy atom. The van der Waals surface area contributed by atoms with Crippen LogP contribution in [0.25, 0.3) is 0 Å². The number of benzene rings is 1. The van der Waals surface area contributed by atoms with Crippen LogP contribution in [-0.2, 0) is 0 Å². The van der Waals surface area contributed by atoms with Gasteiger partial charge in [0.15, 0.2) is 11.6 Å². The second-order valence-electron chi connectivity index (χ2n) is 3.51. The molecular weight excluding hydrogens is 181 g/mol. The minimum Gasteiger partial charge on any atom is -0.494 e. The number of nitrogens with one attached hydrogen (secondary N) is 1. The zero-order valence-corrected chi connectivity index (χ0v) is 8.22. The molecule has 76 valence electrons. The van der Waals surface area contributed by atoms with Crippen LogP contribution in [0.15, 0.2) is 18.2 Å². The van der Waals surface area contributed by atoms with Crippen LogP contribution in [0.2, 0.25) is 0 Å². The number of methoxy groups -OCH3 is 1. The van der Waals surface area contributed by atoms with Gasteiger partial charge in [-0.15, -0.1) is 0 Å². The predicted octanol–water partition coefficient (Wildman–Crippen LogP) is 2.26. The first kappa shape index (κ1) is 9.46. The lowest BCUT2D eigenvalue weighted by atomic mass is 10.0. The Bertz CT molecular complexity index is 321. The van der Waals surface area contributed by atoms with Gasteiger partial charge in [-0.05, 0) is 25.5 Å². The fourth-order valence-corrected chi connectivity index (χ4v) is 1.90. The van der Waals surface area contributed by atoms with E-state index in [1.807, 2.05) is 12.1 Å². The van der Waals surface area contributed by atoms with Gasteiger partial charge < -0.3 is 10.1 Å². The van der Waals surface area contributed by atoms with E-state index in [2.05, 4.69) is 5.32 Å². The fraction of sp³-hybridized carbons (Fsp3) is 0.455. The second-order valence-corrected chi connectivity index (χ2v) is 3.51. The summed E-state index contributed by atoms with van der Waals surface area (Å²) in [6.45, 7) is 0.974. The monoisotopic (exact) mass is 195 g/mol. The molecule has 2 nitrogen and oxygen atoms in total. The van der Waals surface area contributed by atoms with Gasteiger partial charge in [-0.2, -0.15) is 0 Å². The topological polar surface area (TPSA) is 21.3 Å². The summed E-state index contributed by atoms with van der Waals surface area (Å²) >= 11 is 0. The number of rotatable bonds is 2. The number of ether oxygens (including phenoxy) is 1. The third-order valence-corrected chi connectivity index (χ3v) is 2.65. The van der Waals surface area contributed by atoms with E-state index in [-0.39, 0.29) is 11.9 Å². The summed E-state index contributed by atoms with van der Waals surface area (Å²) < 4.78 is 18.7. The van der Waals surface area contributed by atoms with Crippen molar-refractivity contribution in [2.75, 3.05) is 13.7 Å². The minimum absolute atomic E-state index is 0.157. The van der Waals surface area contributed by atoms with Crippen LogP contribution in [0.1, 0.15) is 24.4 Å². The van der Waals surface area contributed by atoms with Crippen LogP contribution >= 0.6 is 0 Å². The molecule has 14 heavy (non-hydrogen) atoms.